The van der Waals surface area contributed by atoms with Crippen LogP contribution in [0.2, 0.25) is 0 Å². The maximum Gasteiger partial charge on any atom is 0.421 e. The Hall–Kier alpha value is -2.09. The van der Waals surface area contributed by atoms with Crippen LogP contribution in [-0.4, -0.2) is 33.4 Å². The second-order valence-electron chi connectivity index (χ2n) is 3.94. The molecule has 1 aromatic carbocycles. The number of aromatic carboxylic acids is 2. The maximum absolute atomic E-state index is 12.7. The Morgan fingerprint density at radius 2 is 1.63 bits per heavy atom. The van der Waals surface area contributed by atoms with E-state index in [1.54, 1.807) is 0 Å². The summed E-state index contributed by atoms with van der Waals surface area (Å²) in [5.41, 5.74) is -5.71. The fraction of sp³-hybridized carbons (Fsp3) is 0.273. The summed E-state index contributed by atoms with van der Waals surface area (Å²) in [6.45, 7) is 0.398. The molecule has 1 atom stereocenters. The standard InChI is InChI=1S/C11H9F3O5/c1-10(19,11(12,13)14)7-3-2-5(8(15)16)4-6(7)9(17)18/h2-4,19H,1H3,(H,15,16)(H,17,18). The van der Waals surface area contributed by atoms with Gasteiger partial charge in [-0.25, -0.2) is 9.59 Å². The third kappa shape index (κ3) is 2.68. The minimum absolute atomic E-state index is 0.398. The molecule has 1 aromatic rings. The second kappa shape index (κ2) is 4.54. The molecule has 0 aliphatic carbocycles. The number of carbonyl (C=O) groups is 2. The smallest absolute Gasteiger partial charge is 0.421 e. The van der Waals surface area contributed by atoms with Crippen molar-refractivity contribution in [2.75, 3.05) is 0 Å². The molecule has 0 spiro atoms. The topological polar surface area (TPSA) is 94.8 Å². The van der Waals surface area contributed by atoms with Gasteiger partial charge in [-0.3, -0.25) is 0 Å². The van der Waals surface area contributed by atoms with E-state index in [2.05, 4.69) is 0 Å². The molecule has 0 fully saturated rings. The molecule has 3 N–H and O–H groups in total. The lowest BCUT2D eigenvalue weighted by Crippen LogP contribution is -2.40. The first-order valence-corrected chi connectivity index (χ1v) is 4.88. The molecular formula is C11H9F3O5. The van der Waals surface area contributed by atoms with E-state index in [0.717, 1.165) is 6.07 Å². The molecule has 19 heavy (non-hydrogen) atoms. The van der Waals surface area contributed by atoms with Gasteiger partial charge in [0.1, 0.15) is 0 Å². The van der Waals surface area contributed by atoms with Gasteiger partial charge in [0.05, 0.1) is 11.1 Å². The average molecular weight is 278 g/mol. The van der Waals surface area contributed by atoms with Crippen LogP contribution in [0.25, 0.3) is 0 Å². The Balaban J connectivity index is 3.53. The molecule has 1 unspecified atom stereocenters. The first-order chi connectivity index (χ1) is 8.48. The zero-order chi connectivity index (χ0) is 15.0. The van der Waals surface area contributed by atoms with Crippen LogP contribution in [0.1, 0.15) is 33.2 Å². The average Bonchev–Trinajstić information content (AvgIpc) is 2.26. The Bertz CT molecular complexity index is 534. The van der Waals surface area contributed by atoms with Crippen molar-refractivity contribution in [3.05, 3.63) is 34.9 Å². The van der Waals surface area contributed by atoms with E-state index in [9.17, 15) is 27.9 Å². The van der Waals surface area contributed by atoms with Crippen molar-refractivity contribution in [3.63, 3.8) is 0 Å². The Labute approximate surface area is 104 Å². The van der Waals surface area contributed by atoms with Gasteiger partial charge in [0.15, 0.2) is 5.60 Å². The number of halogens is 3. The van der Waals surface area contributed by atoms with Gasteiger partial charge in [-0.05, 0) is 19.1 Å². The van der Waals surface area contributed by atoms with Gasteiger partial charge in [-0.1, -0.05) is 6.07 Å². The van der Waals surface area contributed by atoms with E-state index in [0.29, 0.717) is 19.1 Å². The SMILES string of the molecule is CC(O)(c1ccc(C(=O)O)cc1C(=O)O)C(F)(F)F. The summed E-state index contributed by atoms with van der Waals surface area (Å²) in [7, 11) is 0. The third-order valence-electron chi connectivity index (χ3n) is 2.57. The number of hydrogen-bond acceptors (Lipinski definition) is 3. The van der Waals surface area contributed by atoms with Crippen molar-refractivity contribution in [1.29, 1.82) is 0 Å². The highest BCUT2D eigenvalue weighted by Gasteiger charge is 2.52. The monoisotopic (exact) mass is 278 g/mol. The van der Waals surface area contributed by atoms with Gasteiger partial charge in [-0.2, -0.15) is 13.2 Å². The molecule has 8 heteroatoms. The van der Waals surface area contributed by atoms with E-state index in [4.69, 9.17) is 10.2 Å². The van der Waals surface area contributed by atoms with Crippen LogP contribution >= 0.6 is 0 Å². The Morgan fingerprint density at radius 1 is 1.11 bits per heavy atom. The van der Waals surface area contributed by atoms with Crippen molar-refractivity contribution in [1.82, 2.24) is 0 Å². The molecule has 0 aromatic heterocycles. The second-order valence-corrected chi connectivity index (χ2v) is 3.94. The van der Waals surface area contributed by atoms with Gasteiger partial charge >= 0.3 is 18.1 Å². The van der Waals surface area contributed by atoms with Gasteiger partial charge in [0.25, 0.3) is 0 Å². The summed E-state index contributed by atoms with van der Waals surface area (Å²) in [5.74, 6) is -3.25. The first kappa shape index (κ1) is 15.0. The Kier molecular flexibility index (Phi) is 3.58. The first-order valence-electron chi connectivity index (χ1n) is 4.88. The van der Waals surface area contributed by atoms with Crippen LogP contribution in [0.5, 0.6) is 0 Å². The van der Waals surface area contributed by atoms with Crippen LogP contribution in [0.4, 0.5) is 13.2 Å². The van der Waals surface area contributed by atoms with Gasteiger partial charge in [-0.15, -0.1) is 0 Å². The number of benzene rings is 1. The molecule has 0 aliphatic rings. The fourth-order valence-electron chi connectivity index (χ4n) is 1.43. The number of alkyl halides is 3. The lowest BCUT2D eigenvalue weighted by Gasteiger charge is -2.28. The van der Waals surface area contributed by atoms with E-state index in [1.165, 1.54) is 0 Å². The molecule has 0 saturated carbocycles. The molecule has 5 nitrogen and oxygen atoms in total. The largest absolute Gasteiger partial charge is 0.478 e. The van der Waals surface area contributed by atoms with Crippen molar-refractivity contribution in [3.8, 4) is 0 Å². The highest BCUT2D eigenvalue weighted by molar-refractivity contribution is 5.95. The molecule has 104 valence electrons. The zero-order valence-electron chi connectivity index (χ0n) is 9.52. The molecule has 0 saturated heterocycles. The number of carboxylic acids is 2. The van der Waals surface area contributed by atoms with Crippen molar-refractivity contribution < 1.29 is 38.1 Å². The van der Waals surface area contributed by atoms with Crippen LogP contribution in [0, 0.1) is 0 Å². The number of aliphatic hydroxyl groups is 1. The van der Waals surface area contributed by atoms with Crippen molar-refractivity contribution >= 4 is 11.9 Å². The summed E-state index contributed by atoms with van der Waals surface area (Å²) in [6.07, 6.45) is -5.10. The number of hydrogen-bond donors (Lipinski definition) is 3. The number of carboxylic acid groups (broad SMARTS) is 2. The minimum atomic E-state index is -5.10. The van der Waals surface area contributed by atoms with Gasteiger partial charge in [0.2, 0.25) is 0 Å². The van der Waals surface area contributed by atoms with E-state index in [1.807, 2.05) is 0 Å². The van der Waals surface area contributed by atoms with Gasteiger partial charge < -0.3 is 15.3 Å². The molecule has 0 bridgehead atoms. The van der Waals surface area contributed by atoms with E-state index in [-0.39, 0.29) is 0 Å². The van der Waals surface area contributed by atoms with Crippen LogP contribution in [-0.2, 0) is 5.60 Å². The molecule has 0 aliphatic heterocycles. The van der Waals surface area contributed by atoms with Crippen molar-refractivity contribution in [2.24, 2.45) is 0 Å². The normalized spacial score (nSPS) is 14.8. The highest BCUT2D eigenvalue weighted by atomic mass is 19.4. The predicted molar refractivity (Wildman–Crippen MR) is 56.0 cm³/mol. The lowest BCUT2D eigenvalue weighted by molar-refractivity contribution is -0.259. The summed E-state index contributed by atoms with van der Waals surface area (Å²) in [5, 5.41) is 26.9. The number of rotatable bonds is 3. The molecule has 0 radical (unpaired) electrons. The summed E-state index contributed by atoms with van der Waals surface area (Å²) in [4.78, 5) is 21.6. The van der Waals surface area contributed by atoms with E-state index < -0.39 is 40.4 Å². The fourth-order valence-corrected chi connectivity index (χ4v) is 1.43. The third-order valence-corrected chi connectivity index (χ3v) is 2.57. The van der Waals surface area contributed by atoms with Crippen LogP contribution in [0.3, 0.4) is 0 Å². The van der Waals surface area contributed by atoms with Crippen LogP contribution < -0.4 is 0 Å². The molecule has 1 rings (SSSR count). The summed E-state index contributed by atoms with van der Waals surface area (Å²) < 4.78 is 38.0. The Morgan fingerprint density at radius 3 is 2.00 bits per heavy atom. The lowest BCUT2D eigenvalue weighted by atomic mass is 9.89. The highest BCUT2D eigenvalue weighted by Crippen LogP contribution is 2.40. The predicted octanol–water partition coefficient (Wildman–Crippen LogP) is 1.85. The zero-order valence-corrected chi connectivity index (χ0v) is 9.52. The van der Waals surface area contributed by atoms with E-state index >= 15 is 0 Å². The molecular weight excluding hydrogens is 269 g/mol. The summed E-state index contributed by atoms with van der Waals surface area (Å²) >= 11 is 0. The molecule has 0 heterocycles. The van der Waals surface area contributed by atoms with Crippen molar-refractivity contribution in [2.45, 2.75) is 18.7 Å². The minimum Gasteiger partial charge on any atom is -0.478 e. The molecule has 0 amide bonds. The summed E-state index contributed by atoms with van der Waals surface area (Å²) in [6, 6.07) is 2.00. The quantitative estimate of drug-likeness (QED) is 0.784. The maximum atomic E-state index is 12.7. The van der Waals surface area contributed by atoms with Gasteiger partial charge in [0, 0.05) is 5.56 Å². The van der Waals surface area contributed by atoms with Crippen LogP contribution in [0.15, 0.2) is 18.2 Å².